The van der Waals surface area contributed by atoms with Crippen molar-refractivity contribution in [2.45, 2.75) is 56.7 Å². The molecular formula is C26H32N6O2S. The van der Waals surface area contributed by atoms with Gasteiger partial charge < -0.3 is 19.7 Å². The standard InChI is InChI=1S/C26H32N6O2S/c1-2-8-31(7-1)15-22-20(17-5-9-33-10-6-17)3-4-24(28-22)30-25-12-21-23(13-27-25)35-26(29-21)32-14-19-11-18(32)16-34-19/h3-4,12-13,17-19H,1-2,5-11,14-16H2,(H,27,28,30)/t18-,19-/m1/s1. The third kappa shape index (κ3) is 4.39. The van der Waals surface area contributed by atoms with Crippen molar-refractivity contribution in [3.8, 4) is 0 Å². The lowest BCUT2D eigenvalue weighted by Crippen LogP contribution is -2.36. The zero-order chi connectivity index (χ0) is 23.2. The first-order valence-corrected chi connectivity index (χ1v) is 13.8. The van der Waals surface area contributed by atoms with Crippen LogP contribution < -0.4 is 10.2 Å². The molecule has 3 aromatic rings. The Hall–Kier alpha value is -2.33. The lowest BCUT2D eigenvalue weighted by Gasteiger charge is -2.26. The van der Waals surface area contributed by atoms with Crippen LogP contribution in [0.5, 0.6) is 0 Å². The molecule has 0 radical (unpaired) electrons. The van der Waals surface area contributed by atoms with E-state index in [2.05, 4.69) is 32.2 Å². The summed E-state index contributed by atoms with van der Waals surface area (Å²) in [6.45, 7) is 6.72. The Morgan fingerprint density at radius 3 is 2.77 bits per heavy atom. The van der Waals surface area contributed by atoms with Crippen molar-refractivity contribution in [2.75, 3.05) is 49.7 Å². The molecule has 0 unspecified atom stereocenters. The first-order chi connectivity index (χ1) is 17.3. The van der Waals surface area contributed by atoms with E-state index in [4.69, 9.17) is 19.4 Å². The highest BCUT2D eigenvalue weighted by Gasteiger charge is 2.40. The molecule has 0 aromatic carbocycles. The fourth-order valence-electron chi connectivity index (χ4n) is 6.02. The second kappa shape index (κ2) is 9.28. The molecule has 4 saturated heterocycles. The topological polar surface area (TPSA) is 75.6 Å². The SMILES string of the molecule is c1cc(C2CCOCC2)c(CN2CCCC2)nc1Nc1cc2nc(N3C[C@H]4C[C@@H]3CO4)sc2cn1. The number of nitrogens with one attached hydrogen (secondary N) is 1. The van der Waals surface area contributed by atoms with Crippen LogP contribution in [0.4, 0.5) is 16.8 Å². The zero-order valence-corrected chi connectivity index (χ0v) is 20.8. The highest BCUT2D eigenvalue weighted by molar-refractivity contribution is 7.22. The largest absolute Gasteiger partial charge is 0.381 e. The number of hydrogen-bond acceptors (Lipinski definition) is 9. The lowest BCUT2D eigenvalue weighted by atomic mass is 9.90. The minimum atomic E-state index is 0.368. The maximum Gasteiger partial charge on any atom is 0.186 e. The van der Waals surface area contributed by atoms with E-state index in [1.807, 2.05) is 12.3 Å². The molecule has 184 valence electrons. The number of ether oxygens (including phenoxy) is 2. The monoisotopic (exact) mass is 492 g/mol. The zero-order valence-electron chi connectivity index (χ0n) is 20.0. The quantitative estimate of drug-likeness (QED) is 0.546. The Morgan fingerprint density at radius 2 is 1.97 bits per heavy atom. The number of thiazole rings is 1. The highest BCUT2D eigenvalue weighted by atomic mass is 32.1. The fourth-order valence-corrected chi connectivity index (χ4v) is 7.02. The first-order valence-electron chi connectivity index (χ1n) is 13.0. The number of likely N-dealkylation sites (tertiary alicyclic amines) is 1. The van der Waals surface area contributed by atoms with Crippen molar-refractivity contribution in [2.24, 2.45) is 0 Å². The molecule has 35 heavy (non-hydrogen) atoms. The Balaban J connectivity index is 1.13. The van der Waals surface area contributed by atoms with Crippen molar-refractivity contribution in [1.29, 1.82) is 0 Å². The Bertz CT molecular complexity index is 1210. The van der Waals surface area contributed by atoms with Gasteiger partial charge in [-0.25, -0.2) is 15.0 Å². The average Bonchev–Trinajstić information content (AvgIpc) is 3.69. The predicted molar refractivity (Wildman–Crippen MR) is 138 cm³/mol. The lowest BCUT2D eigenvalue weighted by molar-refractivity contribution is 0.0849. The molecule has 3 aromatic heterocycles. The maximum atomic E-state index is 5.76. The normalized spacial score (nSPS) is 25.2. The number of rotatable bonds is 6. The Kier molecular flexibility index (Phi) is 5.81. The molecule has 7 heterocycles. The Labute approximate surface area is 209 Å². The second-order valence-corrected chi connectivity index (χ2v) is 11.3. The van der Waals surface area contributed by atoms with E-state index in [1.165, 1.54) is 37.2 Å². The molecule has 9 heteroatoms. The summed E-state index contributed by atoms with van der Waals surface area (Å²) in [5.41, 5.74) is 3.58. The van der Waals surface area contributed by atoms with Crippen LogP contribution >= 0.6 is 11.3 Å². The molecule has 2 bridgehead atoms. The summed E-state index contributed by atoms with van der Waals surface area (Å²) >= 11 is 1.72. The van der Waals surface area contributed by atoms with Gasteiger partial charge in [-0.3, -0.25) is 4.90 Å². The molecule has 0 amide bonds. The smallest absolute Gasteiger partial charge is 0.186 e. The van der Waals surface area contributed by atoms with Crippen molar-refractivity contribution < 1.29 is 9.47 Å². The second-order valence-electron chi connectivity index (χ2n) is 10.3. The van der Waals surface area contributed by atoms with Gasteiger partial charge in [-0.05, 0) is 62.7 Å². The fraction of sp³-hybridized carbons (Fsp3) is 0.577. The van der Waals surface area contributed by atoms with E-state index in [-0.39, 0.29) is 0 Å². The van der Waals surface area contributed by atoms with Crippen LogP contribution in [0.15, 0.2) is 24.4 Å². The van der Waals surface area contributed by atoms with Gasteiger partial charge in [0.05, 0.1) is 34.7 Å². The highest BCUT2D eigenvalue weighted by Crippen LogP contribution is 2.37. The summed E-state index contributed by atoms with van der Waals surface area (Å²) < 4.78 is 12.5. The van der Waals surface area contributed by atoms with Crippen molar-refractivity contribution >= 4 is 38.3 Å². The molecular weight excluding hydrogens is 460 g/mol. The summed E-state index contributed by atoms with van der Waals surface area (Å²) in [6, 6.07) is 6.91. The van der Waals surface area contributed by atoms with Crippen molar-refractivity contribution in [1.82, 2.24) is 19.9 Å². The van der Waals surface area contributed by atoms with Gasteiger partial charge in [0, 0.05) is 38.6 Å². The van der Waals surface area contributed by atoms with Crippen LogP contribution in [0.2, 0.25) is 0 Å². The third-order valence-corrected chi connectivity index (χ3v) is 8.95. The van der Waals surface area contributed by atoms with E-state index in [0.29, 0.717) is 18.1 Å². The number of hydrogen-bond donors (Lipinski definition) is 1. The molecule has 4 aliphatic rings. The minimum absolute atomic E-state index is 0.368. The van der Waals surface area contributed by atoms with Gasteiger partial charge in [0.1, 0.15) is 11.6 Å². The molecule has 8 nitrogen and oxygen atoms in total. The average molecular weight is 493 g/mol. The molecule has 0 saturated carbocycles. The number of pyridine rings is 2. The number of fused-ring (bicyclic) bond motifs is 3. The molecule has 4 aliphatic heterocycles. The van der Waals surface area contributed by atoms with Crippen LogP contribution in [0.3, 0.4) is 0 Å². The summed E-state index contributed by atoms with van der Waals surface area (Å²) in [5.74, 6) is 2.18. The summed E-state index contributed by atoms with van der Waals surface area (Å²) in [6.07, 6.45) is 8.16. The molecule has 2 atom stereocenters. The number of morpholine rings is 1. The van der Waals surface area contributed by atoms with E-state index in [1.54, 1.807) is 11.3 Å². The van der Waals surface area contributed by atoms with Crippen LogP contribution in [-0.2, 0) is 16.0 Å². The van der Waals surface area contributed by atoms with E-state index >= 15 is 0 Å². The molecule has 0 spiro atoms. The van der Waals surface area contributed by atoms with E-state index in [0.717, 1.165) is 79.2 Å². The maximum absolute atomic E-state index is 5.76. The predicted octanol–water partition coefficient (Wildman–Crippen LogP) is 4.30. The summed E-state index contributed by atoms with van der Waals surface area (Å²) in [4.78, 5) is 19.7. The van der Waals surface area contributed by atoms with Crippen molar-refractivity contribution in [3.05, 3.63) is 35.7 Å². The minimum Gasteiger partial charge on any atom is -0.381 e. The van der Waals surface area contributed by atoms with Crippen LogP contribution in [0, 0.1) is 0 Å². The Morgan fingerprint density at radius 1 is 1.09 bits per heavy atom. The van der Waals surface area contributed by atoms with Gasteiger partial charge >= 0.3 is 0 Å². The molecule has 0 aliphatic carbocycles. The summed E-state index contributed by atoms with van der Waals surface area (Å²) in [5, 5.41) is 4.55. The van der Waals surface area contributed by atoms with Gasteiger partial charge in [-0.1, -0.05) is 17.4 Å². The van der Waals surface area contributed by atoms with Gasteiger partial charge in [0.25, 0.3) is 0 Å². The number of nitrogens with zero attached hydrogens (tertiary/aromatic N) is 5. The molecule has 4 fully saturated rings. The van der Waals surface area contributed by atoms with E-state index < -0.39 is 0 Å². The summed E-state index contributed by atoms with van der Waals surface area (Å²) in [7, 11) is 0. The molecule has 1 N–H and O–H groups in total. The van der Waals surface area contributed by atoms with Crippen LogP contribution in [-0.4, -0.2) is 71.5 Å². The van der Waals surface area contributed by atoms with Gasteiger partial charge in [-0.2, -0.15) is 0 Å². The van der Waals surface area contributed by atoms with Gasteiger partial charge in [-0.15, -0.1) is 0 Å². The first kappa shape index (κ1) is 21.9. The number of anilines is 3. The number of aromatic nitrogens is 3. The van der Waals surface area contributed by atoms with Gasteiger partial charge in [0.2, 0.25) is 0 Å². The van der Waals surface area contributed by atoms with Crippen molar-refractivity contribution in [3.63, 3.8) is 0 Å². The van der Waals surface area contributed by atoms with Crippen LogP contribution in [0.25, 0.3) is 10.2 Å². The third-order valence-electron chi connectivity index (χ3n) is 7.91. The van der Waals surface area contributed by atoms with Crippen LogP contribution in [0.1, 0.15) is 49.3 Å². The van der Waals surface area contributed by atoms with Gasteiger partial charge in [0.15, 0.2) is 5.13 Å². The molecule has 7 rings (SSSR count). The van der Waals surface area contributed by atoms with E-state index in [9.17, 15) is 0 Å².